The first-order chi connectivity index (χ1) is 20.3. The number of amides is 1. The second kappa shape index (κ2) is 11.2. The molecular formula is C35H32FN3O3. The monoisotopic (exact) mass is 561 g/mol. The number of methoxy groups -OCH3 is 1. The first-order valence-electron chi connectivity index (χ1n) is 14.0. The average molecular weight is 562 g/mol. The van der Waals surface area contributed by atoms with E-state index in [9.17, 15) is 14.0 Å². The number of ether oxygens (including phenoxy) is 1. The van der Waals surface area contributed by atoms with Crippen LogP contribution in [0.4, 0.5) is 21.5 Å². The van der Waals surface area contributed by atoms with E-state index in [1.54, 1.807) is 48.4 Å². The number of anilines is 3. The van der Waals surface area contributed by atoms with E-state index in [1.807, 2.05) is 67.5 Å². The van der Waals surface area contributed by atoms with Crippen molar-refractivity contribution in [3.63, 3.8) is 0 Å². The maximum Gasteiger partial charge on any atom is 0.259 e. The van der Waals surface area contributed by atoms with Crippen LogP contribution in [-0.2, 0) is 4.79 Å². The summed E-state index contributed by atoms with van der Waals surface area (Å²) in [5.41, 5.74) is 6.02. The van der Waals surface area contributed by atoms with E-state index in [0.717, 1.165) is 28.2 Å². The number of carbonyl (C=O) groups is 2. The fourth-order valence-corrected chi connectivity index (χ4v) is 5.93. The fraction of sp³-hybridized carbons (Fsp3) is 0.200. The molecule has 1 amide bonds. The van der Waals surface area contributed by atoms with Gasteiger partial charge in [0.15, 0.2) is 5.78 Å². The molecular weight excluding hydrogens is 529 g/mol. The highest BCUT2D eigenvalue weighted by Crippen LogP contribution is 2.48. The summed E-state index contributed by atoms with van der Waals surface area (Å²) in [4.78, 5) is 32.4. The molecule has 1 heterocycles. The van der Waals surface area contributed by atoms with Crippen LogP contribution in [0, 0.1) is 5.82 Å². The molecule has 42 heavy (non-hydrogen) atoms. The van der Waals surface area contributed by atoms with Gasteiger partial charge in [0.05, 0.1) is 24.5 Å². The Bertz CT molecular complexity index is 1660. The number of halogens is 1. The zero-order chi connectivity index (χ0) is 29.4. The Hall–Kier alpha value is -4.91. The molecule has 1 aliphatic heterocycles. The standard InChI is InChI=1S/C35H32FN3O3/c1-38(2)27-16-10-23(11-17-27)34-33-30(20-25(21-32(33)40)22-8-14-26(36)15-9-22)37-29-6-4-5-7-31(29)39(34)35(41)24-12-18-28(42-3)19-13-24/h4-19,25,34,37H,20-21H2,1-3H3. The predicted molar refractivity (Wildman–Crippen MR) is 164 cm³/mol. The lowest BCUT2D eigenvalue weighted by molar-refractivity contribution is -0.116. The first-order valence-corrected chi connectivity index (χ1v) is 14.0. The van der Waals surface area contributed by atoms with Crippen molar-refractivity contribution in [2.24, 2.45) is 0 Å². The van der Waals surface area contributed by atoms with Gasteiger partial charge in [-0.2, -0.15) is 0 Å². The van der Waals surface area contributed by atoms with Crippen LogP contribution in [0.25, 0.3) is 0 Å². The topological polar surface area (TPSA) is 61.9 Å². The lowest BCUT2D eigenvalue weighted by Gasteiger charge is -2.35. The van der Waals surface area contributed by atoms with Crippen molar-refractivity contribution in [2.75, 3.05) is 36.3 Å². The van der Waals surface area contributed by atoms with Crippen molar-refractivity contribution in [1.82, 2.24) is 0 Å². The third-order valence-corrected chi connectivity index (χ3v) is 8.11. The largest absolute Gasteiger partial charge is 0.497 e. The normalized spacial score (nSPS) is 18.0. The zero-order valence-corrected chi connectivity index (χ0v) is 23.8. The van der Waals surface area contributed by atoms with Gasteiger partial charge in [-0.15, -0.1) is 0 Å². The van der Waals surface area contributed by atoms with Gasteiger partial charge in [0.25, 0.3) is 5.91 Å². The molecule has 0 saturated carbocycles. The van der Waals surface area contributed by atoms with E-state index in [0.29, 0.717) is 29.0 Å². The third kappa shape index (κ3) is 5.02. The number of ketones is 1. The summed E-state index contributed by atoms with van der Waals surface area (Å²) in [7, 11) is 5.53. The van der Waals surface area contributed by atoms with Gasteiger partial charge in [-0.05, 0) is 84.1 Å². The molecule has 7 heteroatoms. The SMILES string of the molecule is COc1ccc(C(=O)N2c3ccccc3NC3=C(C(=O)CC(c4ccc(F)cc4)C3)C2c2ccc(N(C)C)cc2)cc1. The molecule has 0 aromatic heterocycles. The number of benzene rings is 4. The van der Waals surface area contributed by atoms with E-state index in [2.05, 4.69) is 5.32 Å². The van der Waals surface area contributed by atoms with Crippen LogP contribution >= 0.6 is 0 Å². The molecule has 1 N–H and O–H groups in total. The van der Waals surface area contributed by atoms with Crippen molar-refractivity contribution < 1.29 is 18.7 Å². The lowest BCUT2D eigenvalue weighted by Crippen LogP contribution is -2.38. The minimum absolute atomic E-state index is 0.0416. The highest BCUT2D eigenvalue weighted by Gasteiger charge is 2.42. The summed E-state index contributed by atoms with van der Waals surface area (Å²) in [6.07, 6.45) is 0.817. The molecule has 6 nitrogen and oxygen atoms in total. The van der Waals surface area contributed by atoms with Gasteiger partial charge in [0.1, 0.15) is 11.6 Å². The molecule has 0 fully saturated rings. The van der Waals surface area contributed by atoms with Crippen LogP contribution in [0.3, 0.4) is 0 Å². The average Bonchev–Trinajstić information content (AvgIpc) is 3.16. The molecule has 0 bridgehead atoms. The Labute approximate surface area is 245 Å². The molecule has 2 atom stereocenters. The minimum Gasteiger partial charge on any atom is -0.497 e. The summed E-state index contributed by atoms with van der Waals surface area (Å²) in [5, 5.41) is 3.55. The van der Waals surface area contributed by atoms with E-state index in [-0.39, 0.29) is 29.8 Å². The summed E-state index contributed by atoms with van der Waals surface area (Å²) in [6.45, 7) is 0. The Morgan fingerprint density at radius 3 is 2.21 bits per heavy atom. The highest BCUT2D eigenvalue weighted by atomic mass is 19.1. The fourth-order valence-electron chi connectivity index (χ4n) is 5.93. The number of nitrogens with one attached hydrogen (secondary N) is 1. The third-order valence-electron chi connectivity index (χ3n) is 8.11. The highest BCUT2D eigenvalue weighted by molar-refractivity contribution is 6.12. The molecule has 0 saturated heterocycles. The number of nitrogens with zero attached hydrogens (tertiary/aromatic N) is 2. The van der Waals surface area contributed by atoms with Gasteiger partial charge in [-0.3, -0.25) is 14.5 Å². The van der Waals surface area contributed by atoms with Gasteiger partial charge in [-0.25, -0.2) is 4.39 Å². The molecule has 4 aromatic rings. The molecule has 2 aliphatic rings. The van der Waals surface area contributed by atoms with Gasteiger partial charge in [0.2, 0.25) is 0 Å². The van der Waals surface area contributed by atoms with Crippen LogP contribution in [0.15, 0.2) is 108 Å². The second-order valence-corrected chi connectivity index (χ2v) is 10.9. The number of allylic oxidation sites excluding steroid dienone is 1. The van der Waals surface area contributed by atoms with Crippen LogP contribution in [-0.4, -0.2) is 32.9 Å². The molecule has 0 radical (unpaired) electrons. The van der Waals surface area contributed by atoms with E-state index < -0.39 is 6.04 Å². The summed E-state index contributed by atoms with van der Waals surface area (Å²) in [5.74, 6) is -0.0381. The van der Waals surface area contributed by atoms with Gasteiger partial charge in [0, 0.05) is 43.0 Å². The number of rotatable bonds is 5. The summed E-state index contributed by atoms with van der Waals surface area (Å²) < 4.78 is 19.0. The van der Waals surface area contributed by atoms with Crippen LogP contribution in [0.1, 0.15) is 46.3 Å². The van der Waals surface area contributed by atoms with Crippen molar-refractivity contribution in [3.05, 3.63) is 131 Å². The lowest BCUT2D eigenvalue weighted by atomic mass is 9.78. The number of carbonyl (C=O) groups excluding carboxylic acids is 2. The predicted octanol–water partition coefficient (Wildman–Crippen LogP) is 7.11. The minimum atomic E-state index is -0.663. The quantitative estimate of drug-likeness (QED) is 0.281. The Kier molecular flexibility index (Phi) is 7.25. The summed E-state index contributed by atoms with van der Waals surface area (Å²) >= 11 is 0. The molecule has 1 aliphatic carbocycles. The maximum atomic E-state index is 14.5. The molecule has 4 aromatic carbocycles. The van der Waals surface area contributed by atoms with E-state index in [1.165, 1.54) is 12.1 Å². The van der Waals surface area contributed by atoms with Crippen LogP contribution in [0.2, 0.25) is 0 Å². The Balaban J connectivity index is 1.54. The number of fused-ring (bicyclic) bond motifs is 1. The van der Waals surface area contributed by atoms with Crippen molar-refractivity contribution in [3.8, 4) is 5.75 Å². The zero-order valence-electron chi connectivity index (χ0n) is 23.8. The number of Topliss-reactive ketones (excluding diaryl/α,β-unsaturated/α-hetero) is 1. The van der Waals surface area contributed by atoms with Crippen molar-refractivity contribution in [2.45, 2.75) is 24.8 Å². The Morgan fingerprint density at radius 2 is 1.55 bits per heavy atom. The molecule has 2 unspecified atom stereocenters. The van der Waals surface area contributed by atoms with E-state index in [4.69, 9.17) is 4.74 Å². The second-order valence-electron chi connectivity index (χ2n) is 10.9. The van der Waals surface area contributed by atoms with Crippen LogP contribution < -0.4 is 19.9 Å². The van der Waals surface area contributed by atoms with E-state index >= 15 is 0 Å². The molecule has 0 spiro atoms. The molecule has 6 rings (SSSR count). The number of para-hydroxylation sites is 2. The van der Waals surface area contributed by atoms with Gasteiger partial charge >= 0.3 is 0 Å². The smallest absolute Gasteiger partial charge is 0.259 e. The van der Waals surface area contributed by atoms with Gasteiger partial charge in [-0.1, -0.05) is 36.4 Å². The van der Waals surface area contributed by atoms with Crippen LogP contribution in [0.5, 0.6) is 5.75 Å². The maximum absolute atomic E-state index is 14.5. The number of hydrogen-bond donors (Lipinski definition) is 1. The summed E-state index contributed by atoms with van der Waals surface area (Å²) in [6, 6.07) is 28.4. The van der Waals surface area contributed by atoms with Crippen molar-refractivity contribution >= 4 is 28.8 Å². The molecule has 212 valence electrons. The number of hydrogen-bond acceptors (Lipinski definition) is 5. The van der Waals surface area contributed by atoms with Gasteiger partial charge < -0.3 is 15.0 Å². The Morgan fingerprint density at radius 1 is 0.881 bits per heavy atom. The van der Waals surface area contributed by atoms with Crippen molar-refractivity contribution in [1.29, 1.82) is 0 Å². The first kappa shape index (κ1) is 27.3.